The number of rotatable bonds is 4. The molecular weight excluding hydrogens is 354 g/mol. The fourth-order valence-corrected chi connectivity index (χ4v) is 2.73. The lowest BCUT2D eigenvalue weighted by Gasteiger charge is -2.16. The van der Waals surface area contributed by atoms with Crippen LogP contribution in [0.25, 0.3) is 10.8 Å². The minimum atomic E-state index is -0.604. The fraction of sp³-hybridized carbons (Fsp3) is 0.105. The van der Waals surface area contributed by atoms with Gasteiger partial charge in [-0.1, -0.05) is 48.5 Å². The standard InChI is InChI=1S/C19H16BrNO2/c1-13(23-18-12-5-4-10-16(18)20)19(22)21-17-11-6-8-14-7-2-3-9-15(14)17/h2-13H,1H3,(H,21,22). The third-order valence-electron chi connectivity index (χ3n) is 3.56. The van der Waals surface area contributed by atoms with Gasteiger partial charge in [-0.3, -0.25) is 4.79 Å². The third-order valence-corrected chi connectivity index (χ3v) is 4.21. The molecule has 0 bridgehead atoms. The summed E-state index contributed by atoms with van der Waals surface area (Å²) in [7, 11) is 0. The Kier molecular flexibility index (Phi) is 4.63. The van der Waals surface area contributed by atoms with Crippen molar-refractivity contribution in [2.45, 2.75) is 13.0 Å². The lowest BCUT2D eigenvalue weighted by molar-refractivity contribution is -0.122. The number of carbonyl (C=O) groups excluding carboxylic acids is 1. The summed E-state index contributed by atoms with van der Waals surface area (Å²) >= 11 is 3.42. The number of halogens is 1. The minimum Gasteiger partial charge on any atom is -0.480 e. The molecule has 0 radical (unpaired) electrons. The molecule has 3 rings (SSSR count). The van der Waals surface area contributed by atoms with Gasteiger partial charge < -0.3 is 10.1 Å². The number of carbonyl (C=O) groups is 1. The predicted molar refractivity (Wildman–Crippen MR) is 96.8 cm³/mol. The Morgan fingerprint density at radius 3 is 2.52 bits per heavy atom. The molecule has 0 aliphatic rings. The van der Waals surface area contributed by atoms with E-state index in [9.17, 15) is 4.79 Å². The summed E-state index contributed by atoms with van der Waals surface area (Å²) in [5.74, 6) is 0.463. The van der Waals surface area contributed by atoms with Crippen LogP contribution < -0.4 is 10.1 Å². The Balaban J connectivity index is 1.77. The number of amides is 1. The molecule has 1 amide bonds. The number of hydrogen-bond acceptors (Lipinski definition) is 2. The van der Waals surface area contributed by atoms with Crippen molar-refractivity contribution < 1.29 is 9.53 Å². The van der Waals surface area contributed by atoms with Crippen LogP contribution in [0.2, 0.25) is 0 Å². The molecule has 0 spiro atoms. The first kappa shape index (κ1) is 15.6. The molecule has 0 aromatic heterocycles. The highest BCUT2D eigenvalue weighted by Gasteiger charge is 2.16. The normalized spacial score (nSPS) is 11.9. The monoisotopic (exact) mass is 369 g/mol. The highest BCUT2D eigenvalue weighted by Crippen LogP contribution is 2.26. The summed E-state index contributed by atoms with van der Waals surface area (Å²) in [5.41, 5.74) is 0.788. The zero-order valence-corrected chi connectivity index (χ0v) is 14.2. The smallest absolute Gasteiger partial charge is 0.265 e. The topological polar surface area (TPSA) is 38.3 Å². The maximum absolute atomic E-state index is 12.4. The summed E-state index contributed by atoms with van der Waals surface area (Å²) in [6.45, 7) is 1.74. The van der Waals surface area contributed by atoms with Crippen LogP contribution in [0.3, 0.4) is 0 Å². The number of anilines is 1. The average Bonchev–Trinajstić information content (AvgIpc) is 2.57. The Morgan fingerprint density at radius 2 is 1.70 bits per heavy atom. The molecule has 3 aromatic rings. The second kappa shape index (κ2) is 6.84. The zero-order chi connectivity index (χ0) is 16.2. The van der Waals surface area contributed by atoms with Gasteiger partial charge in [0.2, 0.25) is 0 Å². The highest BCUT2D eigenvalue weighted by atomic mass is 79.9. The SMILES string of the molecule is CC(Oc1ccccc1Br)C(=O)Nc1cccc2ccccc12. The van der Waals surface area contributed by atoms with Gasteiger partial charge >= 0.3 is 0 Å². The van der Waals surface area contributed by atoms with E-state index in [-0.39, 0.29) is 5.91 Å². The zero-order valence-electron chi connectivity index (χ0n) is 12.6. The molecule has 4 heteroatoms. The van der Waals surface area contributed by atoms with E-state index < -0.39 is 6.10 Å². The summed E-state index contributed by atoms with van der Waals surface area (Å²) in [6, 6.07) is 21.3. The molecule has 0 aliphatic heterocycles. The van der Waals surface area contributed by atoms with Gasteiger partial charge in [0.25, 0.3) is 5.91 Å². The van der Waals surface area contributed by atoms with E-state index >= 15 is 0 Å². The first-order chi connectivity index (χ1) is 11.1. The van der Waals surface area contributed by atoms with Gasteiger partial charge in [-0.2, -0.15) is 0 Å². The van der Waals surface area contributed by atoms with Crippen LogP contribution in [-0.4, -0.2) is 12.0 Å². The highest BCUT2D eigenvalue weighted by molar-refractivity contribution is 9.10. The van der Waals surface area contributed by atoms with Crippen molar-refractivity contribution in [2.24, 2.45) is 0 Å². The van der Waals surface area contributed by atoms with Crippen LogP contribution in [-0.2, 0) is 4.79 Å². The Hall–Kier alpha value is -2.33. The molecule has 0 heterocycles. The van der Waals surface area contributed by atoms with Crippen molar-refractivity contribution in [3.63, 3.8) is 0 Å². The lowest BCUT2D eigenvalue weighted by Crippen LogP contribution is -2.30. The fourth-order valence-electron chi connectivity index (χ4n) is 2.35. The molecule has 3 aromatic carbocycles. The number of fused-ring (bicyclic) bond motifs is 1. The summed E-state index contributed by atoms with van der Waals surface area (Å²) in [4.78, 5) is 12.4. The van der Waals surface area contributed by atoms with Crippen molar-refractivity contribution in [3.8, 4) is 5.75 Å². The van der Waals surface area contributed by atoms with Crippen molar-refractivity contribution in [2.75, 3.05) is 5.32 Å². The molecule has 0 saturated heterocycles. The van der Waals surface area contributed by atoms with Gasteiger partial charge in [-0.25, -0.2) is 0 Å². The van der Waals surface area contributed by atoms with E-state index in [1.165, 1.54) is 0 Å². The molecular formula is C19H16BrNO2. The molecule has 1 N–H and O–H groups in total. The van der Waals surface area contributed by atoms with Crippen LogP contribution in [0.4, 0.5) is 5.69 Å². The van der Waals surface area contributed by atoms with Crippen molar-refractivity contribution in [3.05, 3.63) is 71.2 Å². The van der Waals surface area contributed by atoms with Gasteiger partial charge in [-0.05, 0) is 46.4 Å². The van der Waals surface area contributed by atoms with E-state index in [1.807, 2.05) is 66.7 Å². The minimum absolute atomic E-state index is 0.183. The Labute approximate surface area is 143 Å². The van der Waals surface area contributed by atoms with Crippen molar-refractivity contribution in [1.82, 2.24) is 0 Å². The maximum Gasteiger partial charge on any atom is 0.265 e. The van der Waals surface area contributed by atoms with E-state index in [0.29, 0.717) is 5.75 Å². The number of nitrogens with one attached hydrogen (secondary N) is 1. The number of benzene rings is 3. The summed E-state index contributed by atoms with van der Waals surface area (Å²) in [6.07, 6.45) is -0.604. The second-order valence-corrected chi connectivity index (χ2v) is 6.06. The molecule has 0 saturated carbocycles. The number of para-hydroxylation sites is 1. The van der Waals surface area contributed by atoms with E-state index in [0.717, 1.165) is 20.9 Å². The third kappa shape index (κ3) is 3.54. The van der Waals surface area contributed by atoms with Gasteiger partial charge in [-0.15, -0.1) is 0 Å². The van der Waals surface area contributed by atoms with E-state index in [4.69, 9.17) is 4.74 Å². The van der Waals surface area contributed by atoms with Gasteiger partial charge in [0.15, 0.2) is 6.10 Å². The van der Waals surface area contributed by atoms with Crippen LogP contribution >= 0.6 is 15.9 Å². The summed E-state index contributed by atoms with van der Waals surface area (Å²) in [5, 5.41) is 5.04. The van der Waals surface area contributed by atoms with Gasteiger partial charge in [0.1, 0.15) is 5.75 Å². The first-order valence-electron chi connectivity index (χ1n) is 7.35. The number of ether oxygens (including phenoxy) is 1. The van der Waals surface area contributed by atoms with E-state index in [1.54, 1.807) is 6.92 Å². The van der Waals surface area contributed by atoms with E-state index in [2.05, 4.69) is 21.2 Å². The van der Waals surface area contributed by atoms with Crippen LogP contribution in [0.15, 0.2) is 71.2 Å². The quantitative estimate of drug-likeness (QED) is 0.701. The van der Waals surface area contributed by atoms with Crippen LogP contribution in [0.5, 0.6) is 5.75 Å². The Bertz CT molecular complexity index is 842. The first-order valence-corrected chi connectivity index (χ1v) is 8.14. The number of hydrogen-bond donors (Lipinski definition) is 1. The molecule has 23 heavy (non-hydrogen) atoms. The lowest BCUT2D eigenvalue weighted by atomic mass is 10.1. The van der Waals surface area contributed by atoms with Crippen molar-refractivity contribution in [1.29, 1.82) is 0 Å². The van der Waals surface area contributed by atoms with Crippen LogP contribution in [0.1, 0.15) is 6.92 Å². The predicted octanol–water partition coefficient (Wildman–Crippen LogP) is 5.01. The second-order valence-electron chi connectivity index (χ2n) is 5.21. The molecule has 3 nitrogen and oxygen atoms in total. The molecule has 1 unspecified atom stereocenters. The van der Waals surface area contributed by atoms with Gasteiger partial charge in [0, 0.05) is 11.1 Å². The largest absolute Gasteiger partial charge is 0.480 e. The molecule has 1 atom stereocenters. The average molecular weight is 370 g/mol. The summed E-state index contributed by atoms with van der Waals surface area (Å²) < 4.78 is 6.56. The van der Waals surface area contributed by atoms with Gasteiger partial charge in [0.05, 0.1) is 4.47 Å². The van der Waals surface area contributed by atoms with Crippen LogP contribution in [0, 0.1) is 0 Å². The van der Waals surface area contributed by atoms with Crippen molar-refractivity contribution >= 4 is 38.3 Å². The molecule has 116 valence electrons. The molecule has 0 fully saturated rings. The Morgan fingerprint density at radius 1 is 1.00 bits per heavy atom. The maximum atomic E-state index is 12.4. The molecule has 0 aliphatic carbocycles.